The molecule has 0 radical (unpaired) electrons. The molecule has 0 spiro atoms. The van der Waals surface area contributed by atoms with Gasteiger partial charge in [-0.3, -0.25) is 4.79 Å². The van der Waals surface area contributed by atoms with Crippen molar-refractivity contribution in [2.24, 2.45) is 0 Å². The highest BCUT2D eigenvalue weighted by Gasteiger charge is 2.16. The number of nitrogens with one attached hydrogen (secondary N) is 1. The van der Waals surface area contributed by atoms with Gasteiger partial charge in [0.1, 0.15) is 0 Å². The van der Waals surface area contributed by atoms with E-state index in [4.69, 9.17) is 4.74 Å². The zero-order chi connectivity index (χ0) is 13.7. The molecular weight excluding hydrogens is 230 g/mol. The van der Waals surface area contributed by atoms with E-state index in [1.165, 1.54) is 6.92 Å². The molecule has 0 heterocycles. The molecule has 4 nitrogen and oxygen atoms in total. The van der Waals surface area contributed by atoms with Gasteiger partial charge in [0.05, 0.1) is 12.2 Å². The first-order valence-corrected chi connectivity index (χ1v) is 6.07. The smallest absolute Gasteiger partial charge is 0.338 e. The normalized spacial score (nSPS) is 10.0. The lowest BCUT2D eigenvalue weighted by atomic mass is 9.99. The van der Waals surface area contributed by atoms with Crippen molar-refractivity contribution in [1.82, 2.24) is 0 Å². The van der Waals surface area contributed by atoms with Gasteiger partial charge in [0.15, 0.2) is 0 Å². The van der Waals surface area contributed by atoms with E-state index in [1.54, 1.807) is 13.0 Å². The van der Waals surface area contributed by atoms with Gasteiger partial charge in [-0.2, -0.15) is 0 Å². The van der Waals surface area contributed by atoms with Crippen LogP contribution in [-0.2, 0) is 16.0 Å². The van der Waals surface area contributed by atoms with Gasteiger partial charge in [-0.05, 0) is 43.5 Å². The van der Waals surface area contributed by atoms with Crippen molar-refractivity contribution in [3.05, 3.63) is 28.8 Å². The fourth-order valence-electron chi connectivity index (χ4n) is 1.91. The molecule has 0 unspecified atom stereocenters. The van der Waals surface area contributed by atoms with Gasteiger partial charge in [0.25, 0.3) is 0 Å². The SMILES string of the molecule is CCOC(=O)c1c(C)cc(NC(C)=O)cc1CC. The Morgan fingerprint density at radius 1 is 1.28 bits per heavy atom. The van der Waals surface area contributed by atoms with E-state index >= 15 is 0 Å². The third kappa shape index (κ3) is 3.32. The summed E-state index contributed by atoms with van der Waals surface area (Å²) in [5.74, 6) is -0.429. The number of benzene rings is 1. The third-order valence-corrected chi connectivity index (χ3v) is 2.60. The monoisotopic (exact) mass is 249 g/mol. The van der Waals surface area contributed by atoms with E-state index in [-0.39, 0.29) is 11.9 Å². The molecule has 1 aromatic rings. The Morgan fingerprint density at radius 3 is 2.44 bits per heavy atom. The van der Waals surface area contributed by atoms with Crippen LogP contribution in [0.1, 0.15) is 42.3 Å². The number of ether oxygens (including phenoxy) is 1. The number of carbonyl (C=O) groups excluding carboxylic acids is 2. The molecule has 0 aromatic heterocycles. The van der Waals surface area contributed by atoms with E-state index in [2.05, 4.69) is 5.32 Å². The Labute approximate surface area is 107 Å². The number of aryl methyl sites for hydroxylation is 2. The minimum Gasteiger partial charge on any atom is -0.462 e. The van der Waals surface area contributed by atoms with Gasteiger partial charge in [0.2, 0.25) is 5.91 Å². The Morgan fingerprint density at radius 2 is 1.94 bits per heavy atom. The maximum absolute atomic E-state index is 11.9. The Hall–Kier alpha value is -1.84. The zero-order valence-electron chi connectivity index (χ0n) is 11.3. The molecule has 0 fully saturated rings. The van der Waals surface area contributed by atoms with Gasteiger partial charge < -0.3 is 10.1 Å². The standard InChI is InChI=1S/C14H19NO3/c1-5-11-8-12(15-10(4)16)7-9(3)13(11)14(17)18-6-2/h7-8H,5-6H2,1-4H3,(H,15,16). The summed E-state index contributed by atoms with van der Waals surface area (Å²) in [5, 5.41) is 2.73. The first kappa shape index (κ1) is 14.2. The molecule has 0 saturated heterocycles. The molecule has 0 bridgehead atoms. The lowest BCUT2D eigenvalue weighted by Crippen LogP contribution is -2.12. The third-order valence-electron chi connectivity index (χ3n) is 2.60. The molecule has 1 rings (SSSR count). The van der Waals surface area contributed by atoms with Gasteiger partial charge >= 0.3 is 5.97 Å². The second-order valence-electron chi connectivity index (χ2n) is 4.08. The fourth-order valence-corrected chi connectivity index (χ4v) is 1.91. The lowest BCUT2D eigenvalue weighted by Gasteiger charge is -2.13. The van der Waals surface area contributed by atoms with Crippen LogP contribution in [0.3, 0.4) is 0 Å². The quantitative estimate of drug-likeness (QED) is 0.835. The number of hydrogen-bond donors (Lipinski definition) is 1. The number of carbonyl (C=O) groups is 2. The number of anilines is 1. The van der Waals surface area contributed by atoms with Crippen LogP contribution in [0.4, 0.5) is 5.69 Å². The van der Waals surface area contributed by atoms with Crippen molar-refractivity contribution in [2.45, 2.75) is 34.1 Å². The number of amides is 1. The minimum absolute atomic E-state index is 0.125. The predicted molar refractivity (Wildman–Crippen MR) is 70.8 cm³/mol. The Balaban J connectivity index is 3.19. The summed E-state index contributed by atoms with van der Waals surface area (Å²) in [6, 6.07) is 3.60. The highest BCUT2D eigenvalue weighted by atomic mass is 16.5. The lowest BCUT2D eigenvalue weighted by molar-refractivity contribution is -0.114. The summed E-state index contributed by atoms with van der Waals surface area (Å²) in [6.45, 7) is 7.41. The topological polar surface area (TPSA) is 55.4 Å². The zero-order valence-corrected chi connectivity index (χ0v) is 11.3. The van der Waals surface area contributed by atoms with E-state index in [0.29, 0.717) is 24.3 Å². The molecule has 0 aliphatic heterocycles. The van der Waals surface area contributed by atoms with Crippen molar-refractivity contribution in [1.29, 1.82) is 0 Å². The highest BCUT2D eigenvalue weighted by molar-refractivity contribution is 5.95. The van der Waals surface area contributed by atoms with Crippen molar-refractivity contribution in [3.8, 4) is 0 Å². The Kier molecular flexibility index (Phi) is 4.89. The fraction of sp³-hybridized carbons (Fsp3) is 0.429. The molecule has 18 heavy (non-hydrogen) atoms. The maximum Gasteiger partial charge on any atom is 0.338 e. The summed E-state index contributed by atoms with van der Waals surface area (Å²) in [6.07, 6.45) is 0.711. The maximum atomic E-state index is 11.9. The van der Waals surface area contributed by atoms with Gasteiger partial charge in [-0.15, -0.1) is 0 Å². The van der Waals surface area contributed by atoms with E-state index in [9.17, 15) is 9.59 Å². The number of hydrogen-bond acceptors (Lipinski definition) is 3. The van der Waals surface area contributed by atoms with Crippen LogP contribution in [0.25, 0.3) is 0 Å². The molecule has 0 atom stereocenters. The average molecular weight is 249 g/mol. The summed E-state index contributed by atoms with van der Waals surface area (Å²) in [4.78, 5) is 22.9. The van der Waals surface area contributed by atoms with E-state index in [0.717, 1.165) is 11.1 Å². The summed E-state index contributed by atoms with van der Waals surface area (Å²) < 4.78 is 5.05. The number of esters is 1. The van der Waals surface area contributed by atoms with Crippen molar-refractivity contribution in [2.75, 3.05) is 11.9 Å². The molecule has 0 aliphatic carbocycles. The molecule has 98 valence electrons. The van der Waals surface area contributed by atoms with Gasteiger partial charge in [-0.1, -0.05) is 6.92 Å². The van der Waals surface area contributed by atoms with Crippen LogP contribution in [0.15, 0.2) is 12.1 Å². The highest BCUT2D eigenvalue weighted by Crippen LogP contribution is 2.22. The van der Waals surface area contributed by atoms with Crippen LogP contribution in [0.5, 0.6) is 0 Å². The molecule has 0 aliphatic rings. The van der Waals surface area contributed by atoms with Crippen molar-refractivity contribution >= 4 is 17.6 Å². The second kappa shape index (κ2) is 6.19. The van der Waals surface area contributed by atoms with Crippen LogP contribution in [0, 0.1) is 6.92 Å². The van der Waals surface area contributed by atoms with Crippen LogP contribution in [-0.4, -0.2) is 18.5 Å². The van der Waals surface area contributed by atoms with Crippen molar-refractivity contribution in [3.63, 3.8) is 0 Å². The summed E-state index contributed by atoms with van der Waals surface area (Å²) in [7, 11) is 0. The number of rotatable bonds is 4. The average Bonchev–Trinajstić information content (AvgIpc) is 2.27. The summed E-state index contributed by atoms with van der Waals surface area (Å²) >= 11 is 0. The molecule has 1 amide bonds. The largest absolute Gasteiger partial charge is 0.462 e. The first-order valence-electron chi connectivity index (χ1n) is 6.07. The molecular formula is C14H19NO3. The van der Waals surface area contributed by atoms with E-state index in [1.807, 2.05) is 19.9 Å². The first-order chi connectivity index (χ1) is 8.49. The molecule has 4 heteroatoms. The van der Waals surface area contributed by atoms with Gasteiger partial charge in [0, 0.05) is 12.6 Å². The van der Waals surface area contributed by atoms with Gasteiger partial charge in [-0.25, -0.2) is 4.79 Å². The second-order valence-corrected chi connectivity index (χ2v) is 4.08. The predicted octanol–water partition coefficient (Wildman–Crippen LogP) is 2.69. The Bertz CT molecular complexity index is 466. The summed E-state index contributed by atoms with van der Waals surface area (Å²) in [5.41, 5.74) is 3.02. The molecule has 1 N–H and O–H groups in total. The van der Waals surface area contributed by atoms with Crippen LogP contribution >= 0.6 is 0 Å². The van der Waals surface area contributed by atoms with Crippen LogP contribution < -0.4 is 5.32 Å². The minimum atomic E-state index is -0.304. The van der Waals surface area contributed by atoms with Crippen molar-refractivity contribution < 1.29 is 14.3 Å². The van der Waals surface area contributed by atoms with E-state index < -0.39 is 0 Å². The van der Waals surface area contributed by atoms with Crippen LogP contribution in [0.2, 0.25) is 0 Å². The molecule has 1 aromatic carbocycles. The molecule has 0 saturated carbocycles.